The van der Waals surface area contributed by atoms with Gasteiger partial charge in [-0.25, -0.2) is 28.8 Å². The number of esters is 8. The number of hydrogen-bond donors (Lipinski definition) is 5. The van der Waals surface area contributed by atoms with Gasteiger partial charge in [0.15, 0.2) is 11.7 Å². The third-order valence-corrected chi connectivity index (χ3v) is 10.3. The van der Waals surface area contributed by atoms with Crippen LogP contribution in [-0.2, 0) is 107 Å². The number of carbonyl (C=O) groups excluding carboxylic acids is 8. The third kappa shape index (κ3) is 26.9. The van der Waals surface area contributed by atoms with Crippen LogP contribution in [0, 0.1) is 0 Å². The lowest BCUT2D eigenvalue weighted by Gasteiger charge is -2.30. The van der Waals surface area contributed by atoms with Gasteiger partial charge in [0.25, 0.3) is 0 Å². The number of carboxylic acid groups (broad SMARTS) is 3. The zero-order valence-electron chi connectivity index (χ0n) is 46.7. The lowest BCUT2D eigenvalue weighted by Crippen LogP contribution is -2.51. The number of likely N-dealkylation sites (N-methyl/N-ethyl adjacent to an activating group) is 3. The highest BCUT2D eigenvalue weighted by atomic mass is 16.7. The number of imidazole rings is 1. The van der Waals surface area contributed by atoms with Crippen LogP contribution in [0.25, 0.3) is 0 Å². The van der Waals surface area contributed by atoms with Crippen LogP contribution in [-0.4, -0.2) is 261 Å². The second-order valence-corrected chi connectivity index (χ2v) is 20.8. The number of carboxylic acids is 3. The molecule has 0 aliphatic heterocycles. The molecule has 7 atom stereocenters. The third-order valence-electron chi connectivity index (χ3n) is 10.3. The summed E-state index contributed by atoms with van der Waals surface area (Å²) < 4.78 is 59.2. The molecule has 1 rings (SSSR count). The smallest absolute Gasteiger partial charge is 0.377 e. The van der Waals surface area contributed by atoms with Crippen LogP contribution in [0.4, 0.5) is 5.95 Å². The van der Waals surface area contributed by atoms with E-state index in [2.05, 4.69) is 9.72 Å². The molecule has 0 bridgehead atoms. The van der Waals surface area contributed by atoms with Gasteiger partial charge < -0.3 is 96.3 Å². The molecule has 0 amide bonds. The first-order chi connectivity index (χ1) is 36.2. The van der Waals surface area contributed by atoms with Crippen LogP contribution >= 0.6 is 0 Å². The maximum atomic E-state index is 14.1. The first-order valence-corrected chi connectivity index (χ1v) is 24.3. The van der Waals surface area contributed by atoms with Crippen LogP contribution in [0.3, 0.4) is 0 Å². The summed E-state index contributed by atoms with van der Waals surface area (Å²) >= 11 is 0. The van der Waals surface area contributed by atoms with E-state index >= 15 is 0 Å². The molecule has 448 valence electrons. The maximum absolute atomic E-state index is 14.1. The summed E-state index contributed by atoms with van der Waals surface area (Å²) in [4.78, 5) is 147. The summed E-state index contributed by atoms with van der Waals surface area (Å²) in [7, 11) is 16.9. The summed E-state index contributed by atoms with van der Waals surface area (Å²) in [6, 6.07) is 0. The van der Waals surface area contributed by atoms with Crippen molar-refractivity contribution in [1.82, 2.24) is 9.55 Å². The number of nitrogens with two attached hydrogens (primary N) is 1. The fraction of sp³-hybridized carbons (Fsp3) is 0.702. The molecule has 79 heavy (non-hydrogen) atoms. The van der Waals surface area contributed by atoms with Gasteiger partial charge in [-0.1, -0.05) is 6.92 Å². The molecule has 0 radical (unpaired) electrons. The van der Waals surface area contributed by atoms with Gasteiger partial charge in [0.05, 0.1) is 108 Å². The average molecular weight is 1140 g/mol. The number of nitrogen functional groups attached to an aromatic ring is 1. The van der Waals surface area contributed by atoms with Crippen molar-refractivity contribution in [2.45, 2.75) is 102 Å². The number of quaternary nitrogens is 3. The topological polar surface area (TPSA) is 414 Å². The molecule has 1 aromatic heterocycles. The monoisotopic (exact) mass is 1140 g/mol. The van der Waals surface area contributed by atoms with Crippen LogP contribution in [0.1, 0.15) is 59.3 Å². The zero-order chi connectivity index (χ0) is 60.9. The summed E-state index contributed by atoms with van der Waals surface area (Å²) in [5.41, 5.74) is -0.912. The van der Waals surface area contributed by atoms with E-state index in [1.807, 2.05) is 0 Å². The summed E-state index contributed by atoms with van der Waals surface area (Å²) in [6.45, 7) is 3.14. The molecule has 0 fully saturated rings. The number of ether oxygens (including phenoxy) is 11. The summed E-state index contributed by atoms with van der Waals surface area (Å²) in [5, 5.41) is 40.6. The zero-order valence-corrected chi connectivity index (χ0v) is 46.7. The Hall–Kier alpha value is -7.10. The van der Waals surface area contributed by atoms with Crippen LogP contribution < -0.4 is 10.5 Å². The van der Waals surface area contributed by atoms with Gasteiger partial charge in [0.2, 0.25) is 17.4 Å². The van der Waals surface area contributed by atoms with Crippen molar-refractivity contribution in [3.8, 4) is 5.88 Å². The molecule has 0 aliphatic carbocycles. The fourth-order valence-electron chi connectivity index (χ4n) is 5.87. The molecule has 0 saturated heterocycles. The molecule has 0 aliphatic rings. The number of nitrogens with zero attached hydrogens (tertiary/aromatic N) is 5. The Kier molecular flexibility index (Phi) is 27.3. The van der Waals surface area contributed by atoms with E-state index in [9.17, 15) is 73.2 Å². The van der Waals surface area contributed by atoms with E-state index in [0.29, 0.717) is 4.48 Å². The van der Waals surface area contributed by atoms with Crippen molar-refractivity contribution in [2.75, 3.05) is 115 Å². The van der Waals surface area contributed by atoms with E-state index < -0.39 is 153 Å². The average Bonchev–Trinajstić information content (AvgIpc) is 3.59. The molecule has 0 aromatic carbocycles. The molecule has 32 nitrogen and oxygen atoms in total. The molecule has 0 saturated carbocycles. The highest BCUT2D eigenvalue weighted by Crippen LogP contribution is 2.28. The number of aryl methyl sites for hydroxylation is 1. The molecule has 1 aromatic rings. The largest absolute Gasteiger partial charge is 0.479 e. The minimum Gasteiger partial charge on any atom is -0.479 e. The van der Waals surface area contributed by atoms with E-state index in [0.717, 1.165) is 13.1 Å². The van der Waals surface area contributed by atoms with Crippen LogP contribution in [0.15, 0.2) is 6.20 Å². The van der Waals surface area contributed by atoms with Crippen molar-refractivity contribution in [1.29, 1.82) is 0 Å². The van der Waals surface area contributed by atoms with Gasteiger partial charge >= 0.3 is 84.5 Å². The Morgan fingerprint density at radius 2 is 1.04 bits per heavy atom. The molecule has 7 unspecified atom stereocenters. The number of aliphatic carboxylic acids is 3. The van der Waals surface area contributed by atoms with Crippen molar-refractivity contribution in [3.63, 3.8) is 0 Å². The highest BCUT2D eigenvalue weighted by molar-refractivity contribution is 5.93. The lowest BCUT2D eigenvalue weighted by atomic mass is 9.95. The first-order valence-electron chi connectivity index (χ1n) is 24.3. The molecular formula is C47H77N6O26+3. The predicted molar refractivity (Wildman–Crippen MR) is 262 cm³/mol. The van der Waals surface area contributed by atoms with Gasteiger partial charge in [0.1, 0.15) is 45.6 Å². The quantitative estimate of drug-likeness (QED) is 0.0203. The predicted octanol–water partition coefficient (Wildman–Crippen LogP) is -2.28. The molecule has 0 spiro atoms. The Bertz CT molecular complexity index is 2280. The molecule has 32 heteroatoms. The van der Waals surface area contributed by atoms with Gasteiger partial charge in [-0.05, 0) is 20.3 Å². The van der Waals surface area contributed by atoms with E-state index in [4.69, 9.17) is 53.1 Å². The fourth-order valence-corrected chi connectivity index (χ4v) is 5.87. The lowest BCUT2D eigenvalue weighted by molar-refractivity contribution is -0.870. The van der Waals surface area contributed by atoms with Gasteiger partial charge in [-0.15, -0.1) is 0 Å². The number of aromatic nitrogens is 2. The number of rotatable bonds is 37. The van der Waals surface area contributed by atoms with Crippen molar-refractivity contribution < 1.29 is 139 Å². The Labute approximate surface area is 455 Å². The minimum absolute atomic E-state index is 0.0410. The Morgan fingerprint density at radius 3 is 1.44 bits per heavy atom. The molecular weight excluding hydrogens is 1060 g/mol. The van der Waals surface area contributed by atoms with Crippen molar-refractivity contribution in [2.24, 2.45) is 7.05 Å². The van der Waals surface area contributed by atoms with Gasteiger partial charge in [-0.2, -0.15) is 4.98 Å². The standard InChI is InChI=1S/C47H74N6O26/c1-14-29(36(59)60)74-38(62)41(71-20-17-52(8,9)10)76-31(54)22-28(3)73-37(61)40(70-19-16-51(5,6)7)78-35(58)26-47(44(66)67,25-34(57)75-30-27-50(4)45(48)49-30)79-39(63)42(72-21-18-53(11,12)13)77-33(56)24-46(68,43(64)65)23-32(55)69-15-2/h27-29,40-42,68H,14-26H2,1-13H3,(H2-3,48,49,59,60,64,65,66,67)/p+3. The number of hydrogen-bond acceptors (Lipinski definition) is 25. The number of anilines is 1. The van der Waals surface area contributed by atoms with Crippen LogP contribution in [0.5, 0.6) is 5.88 Å². The SMILES string of the molecule is CCOC(=O)CC(O)(CC(=O)OC(OCC[N+](C)(C)C)C(=O)OC(CC(=O)Oc1cn(C)c(N)n1)(CC(=O)OC(OCC[N+](C)(C)C)C(=O)OC(C)CC(=O)OC(OCC[N+](C)(C)C)C(=O)OC(CC)C(=O)O)C(=O)O)C(=O)O. The maximum Gasteiger partial charge on any atom is 0.377 e. The number of aliphatic hydroxyl groups is 1. The van der Waals surface area contributed by atoms with E-state index in [1.165, 1.54) is 25.5 Å². The summed E-state index contributed by atoms with van der Waals surface area (Å²) in [5.74, 6) is -18.9. The van der Waals surface area contributed by atoms with Gasteiger partial charge in [0, 0.05) is 7.05 Å². The molecule has 1 heterocycles. The van der Waals surface area contributed by atoms with Crippen molar-refractivity contribution >= 4 is 71.6 Å². The Morgan fingerprint density at radius 1 is 0.608 bits per heavy atom. The minimum atomic E-state index is -3.45. The molecule has 6 N–H and O–H groups in total. The van der Waals surface area contributed by atoms with Crippen molar-refractivity contribution in [3.05, 3.63) is 6.20 Å². The van der Waals surface area contributed by atoms with Gasteiger partial charge in [-0.3, -0.25) is 24.0 Å². The first kappa shape index (κ1) is 69.9. The second-order valence-electron chi connectivity index (χ2n) is 20.8. The van der Waals surface area contributed by atoms with Crippen LogP contribution in [0.2, 0.25) is 0 Å². The van der Waals surface area contributed by atoms with E-state index in [1.54, 1.807) is 63.4 Å². The number of carbonyl (C=O) groups is 11. The summed E-state index contributed by atoms with van der Waals surface area (Å²) in [6.07, 6.45) is -16.2. The normalized spacial score (nSPS) is 15.2. The second kappa shape index (κ2) is 30.9. The van der Waals surface area contributed by atoms with E-state index in [-0.39, 0.29) is 60.8 Å². The highest BCUT2D eigenvalue weighted by Gasteiger charge is 2.51. The Balaban J connectivity index is 3.72.